The first-order chi connectivity index (χ1) is 12.3. The van der Waals surface area contributed by atoms with Crippen molar-refractivity contribution >= 4 is 5.96 Å². The molecule has 2 atom stereocenters. The SMILES string of the molecule is CN=C(NCC1CCN(CC(F)(F)F)C1)N1CCC(c2cnn(C)c2)C1. The van der Waals surface area contributed by atoms with Crippen LogP contribution >= 0.6 is 0 Å². The third-order valence-electron chi connectivity index (χ3n) is 5.22. The van der Waals surface area contributed by atoms with Gasteiger partial charge in [0.15, 0.2) is 5.96 Å². The highest BCUT2D eigenvalue weighted by atomic mass is 19.4. The van der Waals surface area contributed by atoms with E-state index in [4.69, 9.17) is 0 Å². The van der Waals surface area contributed by atoms with Gasteiger partial charge >= 0.3 is 6.18 Å². The van der Waals surface area contributed by atoms with Gasteiger partial charge in [-0.2, -0.15) is 18.3 Å². The zero-order valence-corrected chi connectivity index (χ0v) is 15.3. The fraction of sp³-hybridized carbons (Fsp3) is 0.765. The fourth-order valence-corrected chi connectivity index (χ4v) is 3.92. The van der Waals surface area contributed by atoms with Gasteiger partial charge in [0.05, 0.1) is 12.7 Å². The monoisotopic (exact) mass is 372 g/mol. The largest absolute Gasteiger partial charge is 0.401 e. The van der Waals surface area contributed by atoms with E-state index in [1.165, 1.54) is 10.5 Å². The second kappa shape index (κ2) is 7.85. The van der Waals surface area contributed by atoms with Crippen LogP contribution in [0.15, 0.2) is 17.4 Å². The highest BCUT2D eigenvalue weighted by Crippen LogP contribution is 2.27. The smallest absolute Gasteiger partial charge is 0.356 e. The molecule has 2 saturated heterocycles. The number of guanidine groups is 1. The summed E-state index contributed by atoms with van der Waals surface area (Å²) in [6.45, 7) is 2.66. The maximum atomic E-state index is 12.5. The van der Waals surface area contributed by atoms with Crippen LogP contribution in [0, 0.1) is 5.92 Å². The van der Waals surface area contributed by atoms with E-state index in [1.807, 2.05) is 17.9 Å². The molecule has 9 heteroatoms. The average molecular weight is 372 g/mol. The van der Waals surface area contributed by atoms with Gasteiger partial charge in [-0.05, 0) is 30.9 Å². The first-order valence-electron chi connectivity index (χ1n) is 9.07. The minimum absolute atomic E-state index is 0.228. The molecule has 0 radical (unpaired) electrons. The fourth-order valence-electron chi connectivity index (χ4n) is 3.92. The van der Waals surface area contributed by atoms with Crippen LogP contribution in [0.3, 0.4) is 0 Å². The Balaban J connectivity index is 1.46. The van der Waals surface area contributed by atoms with Crippen molar-refractivity contribution in [1.82, 2.24) is 24.9 Å². The topological polar surface area (TPSA) is 48.7 Å². The van der Waals surface area contributed by atoms with Crippen molar-refractivity contribution in [2.45, 2.75) is 24.9 Å². The van der Waals surface area contributed by atoms with Crippen LogP contribution in [0.2, 0.25) is 0 Å². The van der Waals surface area contributed by atoms with E-state index >= 15 is 0 Å². The average Bonchev–Trinajstić information content (AvgIpc) is 3.28. The highest BCUT2D eigenvalue weighted by Gasteiger charge is 2.34. The standard InChI is InChI=1S/C17H27F3N6/c1-21-16(22-7-13-3-5-25(9-13)12-17(18,19)20)26-6-4-14(11-26)15-8-23-24(2)10-15/h8,10,13-14H,3-7,9,11-12H2,1-2H3,(H,21,22). The lowest BCUT2D eigenvalue weighted by Crippen LogP contribution is -2.42. The quantitative estimate of drug-likeness (QED) is 0.645. The van der Waals surface area contributed by atoms with E-state index in [2.05, 4.69) is 26.5 Å². The molecule has 1 aromatic heterocycles. The molecule has 0 aromatic carbocycles. The minimum atomic E-state index is -4.12. The molecule has 3 rings (SSSR count). The lowest BCUT2D eigenvalue weighted by Gasteiger charge is -2.23. The summed E-state index contributed by atoms with van der Waals surface area (Å²) >= 11 is 0. The van der Waals surface area contributed by atoms with Crippen LogP contribution in [-0.4, -0.2) is 78.0 Å². The molecule has 3 heterocycles. The van der Waals surface area contributed by atoms with Crippen molar-refractivity contribution < 1.29 is 13.2 Å². The van der Waals surface area contributed by atoms with Crippen LogP contribution in [0.4, 0.5) is 13.2 Å². The molecular formula is C17H27F3N6. The van der Waals surface area contributed by atoms with Crippen molar-refractivity contribution in [3.05, 3.63) is 18.0 Å². The highest BCUT2D eigenvalue weighted by molar-refractivity contribution is 5.80. The molecule has 0 aliphatic carbocycles. The van der Waals surface area contributed by atoms with E-state index in [9.17, 15) is 13.2 Å². The molecule has 26 heavy (non-hydrogen) atoms. The van der Waals surface area contributed by atoms with Crippen molar-refractivity contribution in [3.8, 4) is 0 Å². The number of hydrogen-bond donors (Lipinski definition) is 1. The van der Waals surface area contributed by atoms with Crippen LogP contribution < -0.4 is 5.32 Å². The molecule has 0 bridgehead atoms. The van der Waals surface area contributed by atoms with Crippen molar-refractivity contribution in [2.24, 2.45) is 18.0 Å². The molecule has 6 nitrogen and oxygen atoms in total. The normalized spacial score (nSPS) is 25.3. The molecule has 2 fully saturated rings. The predicted molar refractivity (Wildman–Crippen MR) is 94.1 cm³/mol. The number of likely N-dealkylation sites (tertiary alicyclic amines) is 2. The lowest BCUT2D eigenvalue weighted by atomic mass is 10.0. The number of nitrogens with one attached hydrogen (secondary N) is 1. The van der Waals surface area contributed by atoms with Gasteiger partial charge in [-0.15, -0.1) is 0 Å². The summed E-state index contributed by atoms with van der Waals surface area (Å²) in [6, 6.07) is 0. The maximum Gasteiger partial charge on any atom is 0.401 e. The summed E-state index contributed by atoms with van der Waals surface area (Å²) in [5.41, 5.74) is 1.24. The maximum absolute atomic E-state index is 12.5. The van der Waals surface area contributed by atoms with Crippen LogP contribution in [0.5, 0.6) is 0 Å². The van der Waals surface area contributed by atoms with Crippen molar-refractivity contribution in [1.29, 1.82) is 0 Å². The summed E-state index contributed by atoms with van der Waals surface area (Å²) in [4.78, 5) is 8.07. The summed E-state index contributed by atoms with van der Waals surface area (Å²) in [5, 5.41) is 7.60. The summed E-state index contributed by atoms with van der Waals surface area (Å²) in [6.07, 6.45) is 1.69. The number of aliphatic imine (C=N–C) groups is 1. The van der Waals surface area contributed by atoms with Gasteiger partial charge in [0.2, 0.25) is 0 Å². The molecule has 2 aliphatic heterocycles. The zero-order chi connectivity index (χ0) is 18.7. The Labute approximate surface area is 152 Å². The number of nitrogens with zero attached hydrogens (tertiary/aromatic N) is 5. The summed E-state index contributed by atoms with van der Waals surface area (Å²) < 4.78 is 39.3. The minimum Gasteiger partial charge on any atom is -0.356 e. The molecule has 0 amide bonds. The second-order valence-corrected chi connectivity index (χ2v) is 7.31. The first-order valence-corrected chi connectivity index (χ1v) is 9.07. The number of halogens is 3. The summed E-state index contributed by atoms with van der Waals surface area (Å²) in [5.74, 6) is 1.51. The van der Waals surface area contributed by atoms with E-state index in [-0.39, 0.29) is 5.92 Å². The summed E-state index contributed by atoms with van der Waals surface area (Å²) in [7, 11) is 3.67. The number of alkyl halides is 3. The Kier molecular flexibility index (Phi) is 5.74. The third-order valence-corrected chi connectivity index (χ3v) is 5.22. The molecule has 0 spiro atoms. The Morgan fingerprint density at radius 1 is 1.31 bits per heavy atom. The van der Waals surface area contributed by atoms with Crippen molar-refractivity contribution in [3.63, 3.8) is 0 Å². The third kappa shape index (κ3) is 4.90. The Morgan fingerprint density at radius 3 is 2.77 bits per heavy atom. The van der Waals surface area contributed by atoms with Gasteiger partial charge in [-0.1, -0.05) is 0 Å². The van der Waals surface area contributed by atoms with Crippen molar-refractivity contribution in [2.75, 3.05) is 46.3 Å². The number of hydrogen-bond acceptors (Lipinski definition) is 3. The van der Waals surface area contributed by atoms with E-state index in [1.54, 1.807) is 7.05 Å². The molecule has 146 valence electrons. The van der Waals surface area contributed by atoms with Gasteiger partial charge in [0.25, 0.3) is 0 Å². The van der Waals surface area contributed by atoms with Gasteiger partial charge in [0.1, 0.15) is 0 Å². The molecule has 1 N–H and O–H groups in total. The molecule has 2 aliphatic rings. The van der Waals surface area contributed by atoms with E-state index in [0.717, 1.165) is 31.9 Å². The van der Waals surface area contributed by atoms with Gasteiger partial charge in [-0.3, -0.25) is 14.6 Å². The molecule has 0 saturated carbocycles. The predicted octanol–water partition coefficient (Wildman–Crippen LogP) is 1.67. The zero-order valence-electron chi connectivity index (χ0n) is 15.3. The van der Waals surface area contributed by atoms with E-state index < -0.39 is 12.7 Å². The van der Waals surface area contributed by atoms with Gasteiger partial charge < -0.3 is 10.2 Å². The Morgan fingerprint density at radius 2 is 2.12 bits per heavy atom. The molecule has 1 aromatic rings. The van der Waals surface area contributed by atoms with Gasteiger partial charge in [0, 0.05) is 52.4 Å². The van der Waals surface area contributed by atoms with Crippen LogP contribution in [0.1, 0.15) is 24.3 Å². The van der Waals surface area contributed by atoms with Crippen LogP contribution in [0.25, 0.3) is 0 Å². The number of aryl methyl sites for hydroxylation is 1. The van der Waals surface area contributed by atoms with Crippen LogP contribution in [-0.2, 0) is 7.05 Å². The lowest BCUT2D eigenvalue weighted by molar-refractivity contribution is -0.143. The molecular weight excluding hydrogens is 345 g/mol. The number of aromatic nitrogens is 2. The molecule has 2 unspecified atom stereocenters. The number of rotatable bonds is 4. The van der Waals surface area contributed by atoms with Gasteiger partial charge in [-0.25, -0.2) is 0 Å². The van der Waals surface area contributed by atoms with E-state index in [0.29, 0.717) is 25.6 Å². The first kappa shape index (κ1) is 19.0. The second-order valence-electron chi connectivity index (χ2n) is 7.31. The Bertz CT molecular complexity index is 626. The Hall–Kier alpha value is -1.77.